The Morgan fingerprint density at radius 1 is 0.889 bits per heavy atom. The van der Waals surface area contributed by atoms with Gasteiger partial charge in [-0.25, -0.2) is 13.1 Å². The fourth-order valence-corrected chi connectivity index (χ4v) is 3.63. The number of benzene rings is 2. The van der Waals surface area contributed by atoms with Crippen LogP contribution in [0.15, 0.2) is 53.4 Å². The molecule has 2 N–H and O–H groups in total. The molecule has 0 saturated heterocycles. The molecule has 0 fully saturated rings. The zero-order valence-corrected chi connectivity index (χ0v) is 17.4. The molecule has 0 atom stereocenters. The quantitative estimate of drug-likeness (QED) is 0.645. The van der Waals surface area contributed by atoms with E-state index in [4.69, 9.17) is 4.74 Å². The van der Waals surface area contributed by atoms with Gasteiger partial charge in [0.25, 0.3) is 0 Å². The van der Waals surface area contributed by atoms with Crippen LogP contribution in [0, 0.1) is 0 Å². The van der Waals surface area contributed by atoms with Crippen LogP contribution in [-0.2, 0) is 33.3 Å². The first kappa shape index (κ1) is 21.6. The van der Waals surface area contributed by atoms with Gasteiger partial charge < -0.3 is 10.1 Å². The van der Waals surface area contributed by atoms with Crippen LogP contribution in [0.2, 0.25) is 0 Å². The molecule has 0 heterocycles. The number of hydrogen-bond acceptors (Lipinski definition) is 4. The van der Waals surface area contributed by atoms with Gasteiger partial charge >= 0.3 is 0 Å². The lowest BCUT2D eigenvalue weighted by atomic mass is 9.87. The van der Waals surface area contributed by atoms with Crippen molar-refractivity contribution in [3.8, 4) is 0 Å². The van der Waals surface area contributed by atoms with E-state index >= 15 is 0 Å². The van der Waals surface area contributed by atoms with Crippen LogP contribution >= 0.6 is 0 Å². The molecular weight excluding hydrogens is 360 g/mol. The van der Waals surface area contributed by atoms with Gasteiger partial charge in [-0.15, -0.1) is 0 Å². The zero-order valence-electron chi connectivity index (χ0n) is 16.6. The average molecular weight is 391 g/mol. The van der Waals surface area contributed by atoms with E-state index in [1.54, 1.807) is 12.1 Å². The second kappa shape index (κ2) is 9.46. The fraction of sp³-hybridized carbons (Fsp3) is 0.429. The maximum absolute atomic E-state index is 12.1. The first-order valence-electron chi connectivity index (χ1n) is 9.10. The molecule has 0 aliphatic rings. The van der Waals surface area contributed by atoms with E-state index in [1.165, 1.54) is 18.2 Å². The van der Waals surface area contributed by atoms with Gasteiger partial charge in [0.1, 0.15) is 0 Å². The summed E-state index contributed by atoms with van der Waals surface area (Å²) in [6.45, 7) is 8.67. The van der Waals surface area contributed by atoms with Crippen molar-refractivity contribution in [1.29, 1.82) is 0 Å². The van der Waals surface area contributed by atoms with Crippen molar-refractivity contribution in [3.63, 3.8) is 0 Å². The van der Waals surface area contributed by atoms with Gasteiger partial charge in [-0.2, -0.15) is 0 Å². The Kier molecular flexibility index (Phi) is 7.56. The lowest BCUT2D eigenvalue weighted by Crippen LogP contribution is -2.27. The van der Waals surface area contributed by atoms with Gasteiger partial charge in [0, 0.05) is 26.7 Å². The van der Waals surface area contributed by atoms with Crippen LogP contribution in [0.25, 0.3) is 0 Å². The summed E-state index contributed by atoms with van der Waals surface area (Å²) in [4.78, 5) is 0.264. The molecule has 6 heteroatoms. The number of nitrogens with one attached hydrogen (secondary N) is 2. The molecule has 2 aromatic carbocycles. The maximum Gasteiger partial charge on any atom is 0.240 e. The number of rotatable bonds is 9. The van der Waals surface area contributed by atoms with Crippen LogP contribution in [-0.4, -0.2) is 28.7 Å². The minimum absolute atomic E-state index is 0.159. The highest BCUT2D eigenvalue weighted by atomic mass is 32.2. The number of hydrogen-bond donors (Lipinski definition) is 2. The standard InChI is InChI=1S/C21H30N2O3S/c1-21(2,3)19-9-5-17(6-10-19)15-22-16-18-7-11-20(12-8-18)27(24,25)23-13-14-26-4/h5-12,22-23H,13-16H2,1-4H3. The average Bonchev–Trinajstić information content (AvgIpc) is 2.62. The van der Waals surface area contributed by atoms with E-state index in [0.717, 1.165) is 12.1 Å². The minimum Gasteiger partial charge on any atom is -0.383 e. The second-order valence-corrected chi connectivity index (χ2v) is 9.35. The highest BCUT2D eigenvalue weighted by molar-refractivity contribution is 7.89. The van der Waals surface area contributed by atoms with Crippen LogP contribution in [0.1, 0.15) is 37.5 Å². The molecule has 0 aliphatic carbocycles. The molecule has 5 nitrogen and oxygen atoms in total. The normalized spacial score (nSPS) is 12.3. The summed E-state index contributed by atoms with van der Waals surface area (Å²) < 4.78 is 31.6. The Balaban J connectivity index is 1.86. The van der Waals surface area contributed by atoms with Crippen LogP contribution in [0.5, 0.6) is 0 Å². The van der Waals surface area contributed by atoms with Gasteiger partial charge in [0.2, 0.25) is 10.0 Å². The second-order valence-electron chi connectivity index (χ2n) is 7.59. The lowest BCUT2D eigenvalue weighted by molar-refractivity contribution is 0.204. The number of sulfonamides is 1. The molecule has 0 bridgehead atoms. The molecule has 0 aliphatic heterocycles. The van der Waals surface area contributed by atoms with E-state index in [-0.39, 0.29) is 16.9 Å². The highest BCUT2D eigenvalue weighted by Gasteiger charge is 2.13. The summed E-state index contributed by atoms with van der Waals surface area (Å²) in [5.74, 6) is 0. The van der Waals surface area contributed by atoms with Gasteiger partial charge in [-0.1, -0.05) is 57.2 Å². The predicted molar refractivity (Wildman–Crippen MR) is 109 cm³/mol. The summed E-state index contributed by atoms with van der Waals surface area (Å²) >= 11 is 0. The fourth-order valence-electron chi connectivity index (χ4n) is 2.62. The number of ether oxygens (including phenoxy) is 1. The van der Waals surface area contributed by atoms with Crippen LogP contribution in [0.4, 0.5) is 0 Å². The minimum atomic E-state index is -3.48. The van der Waals surface area contributed by atoms with E-state index in [0.29, 0.717) is 13.2 Å². The van der Waals surface area contributed by atoms with Crippen LogP contribution in [0.3, 0.4) is 0 Å². The van der Waals surface area contributed by atoms with Crippen molar-refractivity contribution in [2.24, 2.45) is 0 Å². The molecular formula is C21H30N2O3S. The van der Waals surface area contributed by atoms with Gasteiger partial charge in [0.05, 0.1) is 11.5 Å². The van der Waals surface area contributed by atoms with Crippen molar-refractivity contribution >= 4 is 10.0 Å². The Morgan fingerprint density at radius 3 is 1.89 bits per heavy atom. The molecule has 0 unspecified atom stereocenters. The molecule has 2 aromatic rings. The highest BCUT2D eigenvalue weighted by Crippen LogP contribution is 2.22. The molecule has 148 valence electrons. The van der Waals surface area contributed by atoms with Gasteiger partial charge in [-0.3, -0.25) is 0 Å². The predicted octanol–water partition coefficient (Wildman–Crippen LogP) is 3.20. The van der Waals surface area contributed by atoms with Crippen molar-refractivity contribution in [1.82, 2.24) is 10.0 Å². The molecule has 0 spiro atoms. The van der Waals surface area contributed by atoms with Crippen molar-refractivity contribution in [3.05, 3.63) is 65.2 Å². The van der Waals surface area contributed by atoms with E-state index in [9.17, 15) is 8.42 Å². The van der Waals surface area contributed by atoms with Crippen LogP contribution < -0.4 is 10.0 Å². The Hall–Kier alpha value is -1.73. The summed E-state index contributed by atoms with van der Waals surface area (Å²) in [5, 5.41) is 3.39. The molecule has 0 aromatic heterocycles. The Labute approximate surface area is 163 Å². The van der Waals surface area contributed by atoms with Crippen molar-refractivity contribution in [2.45, 2.75) is 44.2 Å². The first-order chi connectivity index (χ1) is 12.7. The molecule has 0 radical (unpaired) electrons. The molecule has 0 amide bonds. The first-order valence-corrected chi connectivity index (χ1v) is 10.6. The maximum atomic E-state index is 12.1. The Bertz CT molecular complexity index is 808. The lowest BCUT2D eigenvalue weighted by Gasteiger charge is -2.19. The van der Waals surface area contributed by atoms with Crippen molar-refractivity contribution < 1.29 is 13.2 Å². The summed E-state index contributed by atoms with van der Waals surface area (Å²) in [6.07, 6.45) is 0. The van der Waals surface area contributed by atoms with Crippen molar-refractivity contribution in [2.75, 3.05) is 20.3 Å². The summed E-state index contributed by atoms with van der Waals surface area (Å²) in [6, 6.07) is 15.6. The SMILES string of the molecule is COCCNS(=O)(=O)c1ccc(CNCc2ccc(C(C)(C)C)cc2)cc1. The van der Waals surface area contributed by atoms with E-state index in [1.807, 2.05) is 12.1 Å². The molecule has 0 saturated carbocycles. The largest absolute Gasteiger partial charge is 0.383 e. The zero-order chi connectivity index (χ0) is 19.9. The molecule has 27 heavy (non-hydrogen) atoms. The summed E-state index contributed by atoms with van der Waals surface area (Å²) in [5.41, 5.74) is 3.75. The van der Waals surface area contributed by atoms with Gasteiger partial charge in [0.15, 0.2) is 0 Å². The third-order valence-electron chi connectivity index (χ3n) is 4.31. The van der Waals surface area contributed by atoms with E-state index < -0.39 is 10.0 Å². The topological polar surface area (TPSA) is 67.4 Å². The smallest absolute Gasteiger partial charge is 0.240 e. The van der Waals surface area contributed by atoms with E-state index in [2.05, 4.69) is 55.1 Å². The number of methoxy groups -OCH3 is 1. The molecule has 2 rings (SSSR count). The monoisotopic (exact) mass is 390 g/mol. The third kappa shape index (κ3) is 6.74. The van der Waals surface area contributed by atoms with Gasteiger partial charge in [-0.05, 0) is 34.2 Å². The Morgan fingerprint density at radius 2 is 1.41 bits per heavy atom. The third-order valence-corrected chi connectivity index (χ3v) is 5.79. The summed E-state index contributed by atoms with van der Waals surface area (Å²) in [7, 11) is -1.94.